The van der Waals surface area contributed by atoms with Gasteiger partial charge in [-0.1, -0.05) is 12.1 Å². The van der Waals surface area contributed by atoms with E-state index in [0.29, 0.717) is 6.04 Å². The molecule has 2 heterocycles. The summed E-state index contributed by atoms with van der Waals surface area (Å²) in [5, 5.41) is 7.22. The predicted octanol–water partition coefficient (Wildman–Crippen LogP) is 0.253. The summed E-state index contributed by atoms with van der Waals surface area (Å²) in [6.45, 7) is 6.19. The molecule has 1 aliphatic heterocycles. The van der Waals surface area contributed by atoms with Crippen LogP contribution in [0.15, 0.2) is 10.9 Å². The van der Waals surface area contributed by atoms with Crippen LogP contribution in [0.2, 0.25) is 0 Å². The Labute approximate surface area is 83.5 Å². The van der Waals surface area contributed by atoms with Crippen LogP contribution < -0.4 is 5.32 Å². The Bertz CT molecular complexity index is 262. The summed E-state index contributed by atoms with van der Waals surface area (Å²) in [5.41, 5.74) is 0. The zero-order valence-corrected chi connectivity index (χ0v) is 8.44. The van der Waals surface area contributed by atoms with Gasteiger partial charge in [-0.05, 0) is 6.42 Å². The van der Waals surface area contributed by atoms with Crippen molar-refractivity contribution in [3.8, 4) is 0 Å². The normalized spacial score (nSPS) is 23.9. The van der Waals surface area contributed by atoms with E-state index >= 15 is 0 Å². The summed E-state index contributed by atoms with van der Waals surface area (Å²) >= 11 is 0. The largest absolute Gasteiger partial charge is 0.343 e. The first kappa shape index (κ1) is 9.61. The van der Waals surface area contributed by atoms with E-state index < -0.39 is 0 Å². The van der Waals surface area contributed by atoms with Crippen molar-refractivity contribution in [2.45, 2.75) is 25.9 Å². The van der Waals surface area contributed by atoms with Gasteiger partial charge in [0.1, 0.15) is 0 Å². The van der Waals surface area contributed by atoms with E-state index in [0.717, 1.165) is 38.4 Å². The van der Waals surface area contributed by atoms with E-state index in [-0.39, 0.29) is 0 Å². The summed E-state index contributed by atoms with van der Waals surface area (Å²) in [4.78, 5) is 6.44. The fourth-order valence-corrected chi connectivity index (χ4v) is 1.86. The second-order valence-electron chi connectivity index (χ2n) is 3.58. The molecule has 0 aliphatic carbocycles. The van der Waals surface area contributed by atoms with Gasteiger partial charge in [-0.2, -0.15) is 4.98 Å². The summed E-state index contributed by atoms with van der Waals surface area (Å²) in [7, 11) is 0. The summed E-state index contributed by atoms with van der Waals surface area (Å²) < 4.78 is 4.72. The number of hydrogen-bond donors (Lipinski definition) is 1. The Balaban J connectivity index is 1.94. The lowest BCUT2D eigenvalue weighted by Crippen LogP contribution is -2.50. The van der Waals surface area contributed by atoms with Gasteiger partial charge >= 0.3 is 0 Å². The van der Waals surface area contributed by atoms with Crippen molar-refractivity contribution in [1.82, 2.24) is 20.4 Å². The minimum atomic E-state index is 0.599. The Hall–Kier alpha value is -0.940. The maximum absolute atomic E-state index is 4.72. The van der Waals surface area contributed by atoms with Crippen molar-refractivity contribution in [3.63, 3.8) is 0 Å². The van der Waals surface area contributed by atoms with E-state index in [1.54, 1.807) is 0 Å². The molecule has 2 rings (SSSR count). The third-order valence-corrected chi connectivity index (χ3v) is 2.69. The maximum atomic E-state index is 4.72. The van der Waals surface area contributed by atoms with Gasteiger partial charge in [0.15, 0.2) is 5.82 Å². The number of nitrogens with one attached hydrogen (secondary N) is 1. The van der Waals surface area contributed by atoms with Crippen molar-refractivity contribution in [2.75, 3.05) is 19.6 Å². The molecule has 1 unspecified atom stereocenters. The van der Waals surface area contributed by atoms with Crippen LogP contribution in [0.3, 0.4) is 0 Å². The number of aromatic nitrogens is 2. The first-order chi connectivity index (χ1) is 6.90. The monoisotopic (exact) mass is 196 g/mol. The molecule has 0 spiro atoms. The van der Waals surface area contributed by atoms with Crippen molar-refractivity contribution in [3.05, 3.63) is 12.2 Å². The predicted molar refractivity (Wildman–Crippen MR) is 51.7 cm³/mol. The fourth-order valence-electron chi connectivity index (χ4n) is 1.86. The van der Waals surface area contributed by atoms with Gasteiger partial charge in [0.25, 0.3) is 0 Å². The Morgan fingerprint density at radius 3 is 3.36 bits per heavy atom. The zero-order valence-electron chi connectivity index (χ0n) is 8.44. The number of piperazine rings is 1. The molecule has 1 aromatic rings. The SMILES string of the molecule is CCC1CNCCN1Cc1ncon1. The van der Waals surface area contributed by atoms with E-state index in [4.69, 9.17) is 4.52 Å². The lowest BCUT2D eigenvalue weighted by atomic mass is 10.1. The molecule has 1 atom stereocenters. The molecule has 0 aromatic carbocycles. The van der Waals surface area contributed by atoms with Crippen molar-refractivity contribution >= 4 is 0 Å². The van der Waals surface area contributed by atoms with Gasteiger partial charge in [0.2, 0.25) is 6.39 Å². The Morgan fingerprint density at radius 2 is 2.64 bits per heavy atom. The number of rotatable bonds is 3. The fraction of sp³-hybridized carbons (Fsp3) is 0.778. The Kier molecular flexibility index (Phi) is 3.10. The molecule has 5 heteroatoms. The minimum absolute atomic E-state index is 0.599. The number of hydrogen-bond acceptors (Lipinski definition) is 5. The number of nitrogens with zero attached hydrogens (tertiary/aromatic N) is 3. The lowest BCUT2D eigenvalue weighted by molar-refractivity contribution is 0.144. The van der Waals surface area contributed by atoms with E-state index in [1.807, 2.05) is 0 Å². The maximum Gasteiger partial charge on any atom is 0.213 e. The van der Waals surface area contributed by atoms with Crippen LogP contribution in [-0.4, -0.2) is 40.7 Å². The third kappa shape index (κ3) is 2.10. The second kappa shape index (κ2) is 4.52. The van der Waals surface area contributed by atoms with Crippen molar-refractivity contribution in [1.29, 1.82) is 0 Å². The van der Waals surface area contributed by atoms with Gasteiger partial charge in [0, 0.05) is 25.7 Å². The highest BCUT2D eigenvalue weighted by molar-refractivity contribution is 4.84. The molecular weight excluding hydrogens is 180 g/mol. The van der Waals surface area contributed by atoms with Crippen LogP contribution in [-0.2, 0) is 6.54 Å². The highest BCUT2D eigenvalue weighted by atomic mass is 16.5. The average molecular weight is 196 g/mol. The minimum Gasteiger partial charge on any atom is -0.343 e. The molecule has 1 N–H and O–H groups in total. The molecule has 0 radical (unpaired) electrons. The molecular formula is C9H16N4O. The van der Waals surface area contributed by atoms with Gasteiger partial charge < -0.3 is 9.84 Å². The van der Waals surface area contributed by atoms with Crippen LogP contribution in [0.25, 0.3) is 0 Å². The van der Waals surface area contributed by atoms with Gasteiger partial charge in [-0.3, -0.25) is 4.90 Å². The molecule has 5 nitrogen and oxygen atoms in total. The van der Waals surface area contributed by atoms with E-state index in [1.165, 1.54) is 6.39 Å². The first-order valence-electron chi connectivity index (χ1n) is 5.10. The molecule has 1 fully saturated rings. The molecule has 1 aromatic heterocycles. The van der Waals surface area contributed by atoms with Gasteiger partial charge in [-0.25, -0.2) is 0 Å². The highest BCUT2D eigenvalue weighted by Gasteiger charge is 2.21. The van der Waals surface area contributed by atoms with Crippen LogP contribution in [0.4, 0.5) is 0 Å². The van der Waals surface area contributed by atoms with Crippen molar-refractivity contribution < 1.29 is 4.52 Å². The smallest absolute Gasteiger partial charge is 0.213 e. The van der Waals surface area contributed by atoms with Gasteiger partial charge in [-0.15, -0.1) is 0 Å². The van der Waals surface area contributed by atoms with Crippen LogP contribution >= 0.6 is 0 Å². The molecule has 1 aliphatic rings. The van der Waals surface area contributed by atoms with Gasteiger partial charge in [0.05, 0.1) is 6.54 Å². The van der Waals surface area contributed by atoms with E-state index in [2.05, 4.69) is 27.3 Å². The van der Waals surface area contributed by atoms with Crippen LogP contribution in [0.1, 0.15) is 19.2 Å². The van der Waals surface area contributed by atoms with Crippen LogP contribution in [0.5, 0.6) is 0 Å². The lowest BCUT2D eigenvalue weighted by Gasteiger charge is -2.34. The molecule has 0 bridgehead atoms. The summed E-state index contributed by atoms with van der Waals surface area (Å²) in [6, 6.07) is 0.599. The quantitative estimate of drug-likeness (QED) is 0.751. The average Bonchev–Trinajstić information content (AvgIpc) is 2.71. The van der Waals surface area contributed by atoms with Crippen LogP contribution in [0, 0.1) is 0 Å². The summed E-state index contributed by atoms with van der Waals surface area (Å²) in [6.07, 6.45) is 2.54. The molecule has 0 saturated carbocycles. The molecule has 1 saturated heterocycles. The third-order valence-electron chi connectivity index (χ3n) is 2.69. The second-order valence-corrected chi connectivity index (χ2v) is 3.58. The topological polar surface area (TPSA) is 54.2 Å². The standard InChI is InChI=1S/C9H16N4O/c1-2-8-5-10-3-4-13(8)6-9-11-7-14-12-9/h7-8,10H,2-6H2,1H3. The molecule has 78 valence electrons. The Morgan fingerprint density at radius 1 is 1.71 bits per heavy atom. The first-order valence-corrected chi connectivity index (χ1v) is 5.10. The van der Waals surface area contributed by atoms with Crippen molar-refractivity contribution in [2.24, 2.45) is 0 Å². The molecule has 0 amide bonds. The highest BCUT2D eigenvalue weighted by Crippen LogP contribution is 2.09. The molecule has 14 heavy (non-hydrogen) atoms. The van der Waals surface area contributed by atoms with E-state index in [9.17, 15) is 0 Å². The summed E-state index contributed by atoms with van der Waals surface area (Å²) in [5.74, 6) is 0.783. The zero-order chi connectivity index (χ0) is 9.80.